The SMILES string of the molecule is CC1=C(C(=O)NCCCn2nc(C)nc2C)C(c2cccc(O)c2)NC(=O)N1. The molecule has 1 aromatic carbocycles. The fourth-order valence-corrected chi connectivity index (χ4v) is 3.25. The number of nitrogens with one attached hydrogen (secondary N) is 3. The van der Waals surface area contributed by atoms with Gasteiger partial charge in [-0.3, -0.25) is 9.48 Å². The molecule has 1 aliphatic rings. The van der Waals surface area contributed by atoms with Crippen LogP contribution in [0.3, 0.4) is 0 Å². The van der Waals surface area contributed by atoms with Crippen molar-refractivity contribution < 1.29 is 14.7 Å². The number of amides is 3. The van der Waals surface area contributed by atoms with Crippen LogP contribution in [0, 0.1) is 13.8 Å². The van der Waals surface area contributed by atoms with Gasteiger partial charge in [0, 0.05) is 18.8 Å². The molecule has 4 N–H and O–H groups in total. The molecule has 9 heteroatoms. The molecule has 28 heavy (non-hydrogen) atoms. The minimum atomic E-state index is -0.638. The number of allylic oxidation sites excluding steroid dienone is 1. The predicted octanol–water partition coefficient (Wildman–Crippen LogP) is 1.43. The minimum absolute atomic E-state index is 0.0705. The highest BCUT2D eigenvalue weighted by atomic mass is 16.3. The van der Waals surface area contributed by atoms with Crippen LogP contribution in [0.1, 0.15) is 36.6 Å². The summed E-state index contributed by atoms with van der Waals surface area (Å²) in [4.78, 5) is 29.0. The van der Waals surface area contributed by atoms with Gasteiger partial charge in [0.2, 0.25) is 0 Å². The Morgan fingerprint density at radius 3 is 2.79 bits per heavy atom. The highest BCUT2D eigenvalue weighted by molar-refractivity contribution is 5.98. The van der Waals surface area contributed by atoms with Crippen molar-refractivity contribution in [3.05, 3.63) is 52.7 Å². The monoisotopic (exact) mass is 384 g/mol. The average molecular weight is 384 g/mol. The van der Waals surface area contributed by atoms with E-state index >= 15 is 0 Å². The van der Waals surface area contributed by atoms with E-state index in [2.05, 4.69) is 26.0 Å². The zero-order valence-corrected chi connectivity index (χ0v) is 16.1. The number of aromatic nitrogens is 3. The van der Waals surface area contributed by atoms with E-state index in [1.54, 1.807) is 19.1 Å². The Bertz CT molecular complexity index is 934. The molecule has 2 heterocycles. The van der Waals surface area contributed by atoms with Crippen molar-refractivity contribution in [1.29, 1.82) is 0 Å². The normalized spacial score (nSPS) is 16.5. The van der Waals surface area contributed by atoms with Crippen LogP contribution in [-0.4, -0.2) is 38.4 Å². The maximum absolute atomic E-state index is 12.8. The van der Waals surface area contributed by atoms with E-state index in [-0.39, 0.29) is 17.7 Å². The third kappa shape index (κ3) is 4.30. The number of benzene rings is 1. The van der Waals surface area contributed by atoms with E-state index in [1.165, 1.54) is 12.1 Å². The van der Waals surface area contributed by atoms with Gasteiger partial charge in [0.05, 0.1) is 11.6 Å². The molecular formula is C19H24N6O3. The number of urea groups is 1. The highest BCUT2D eigenvalue weighted by Crippen LogP contribution is 2.28. The van der Waals surface area contributed by atoms with Gasteiger partial charge >= 0.3 is 6.03 Å². The van der Waals surface area contributed by atoms with Gasteiger partial charge in [0.1, 0.15) is 17.4 Å². The Morgan fingerprint density at radius 2 is 2.11 bits per heavy atom. The molecule has 1 aromatic heterocycles. The highest BCUT2D eigenvalue weighted by Gasteiger charge is 2.31. The van der Waals surface area contributed by atoms with Crippen LogP contribution < -0.4 is 16.0 Å². The predicted molar refractivity (Wildman–Crippen MR) is 102 cm³/mol. The third-order valence-corrected chi connectivity index (χ3v) is 4.51. The van der Waals surface area contributed by atoms with Gasteiger partial charge in [-0.2, -0.15) is 5.10 Å². The third-order valence-electron chi connectivity index (χ3n) is 4.51. The Labute approximate surface area is 162 Å². The summed E-state index contributed by atoms with van der Waals surface area (Å²) in [5.74, 6) is 1.36. The largest absolute Gasteiger partial charge is 0.508 e. The van der Waals surface area contributed by atoms with Gasteiger partial charge < -0.3 is 21.1 Å². The lowest BCUT2D eigenvalue weighted by Gasteiger charge is -2.28. The van der Waals surface area contributed by atoms with Crippen molar-refractivity contribution in [2.45, 2.75) is 39.8 Å². The van der Waals surface area contributed by atoms with Crippen molar-refractivity contribution in [2.75, 3.05) is 6.54 Å². The van der Waals surface area contributed by atoms with Crippen LogP contribution in [-0.2, 0) is 11.3 Å². The van der Waals surface area contributed by atoms with Crippen LogP contribution in [0.4, 0.5) is 4.79 Å². The van der Waals surface area contributed by atoms with E-state index in [4.69, 9.17) is 0 Å². The molecule has 1 atom stereocenters. The lowest BCUT2D eigenvalue weighted by atomic mass is 9.94. The van der Waals surface area contributed by atoms with Gasteiger partial charge in [-0.25, -0.2) is 9.78 Å². The number of hydrogen-bond donors (Lipinski definition) is 4. The molecule has 148 valence electrons. The second kappa shape index (κ2) is 8.12. The van der Waals surface area contributed by atoms with E-state index in [0.717, 1.165) is 11.6 Å². The van der Waals surface area contributed by atoms with Crippen LogP contribution in [0.15, 0.2) is 35.5 Å². The Morgan fingerprint density at radius 1 is 1.32 bits per heavy atom. The molecule has 1 unspecified atom stereocenters. The molecule has 0 saturated carbocycles. The Kier molecular flexibility index (Phi) is 5.62. The van der Waals surface area contributed by atoms with Crippen molar-refractivity contribution >= 4 is 11.9 Å². The number of phenolic OH excluding ortho intramolecular Hbond substituents is 1. The van der Waals surface area contributed by atoms with Gasteiger partial charge in [-0.05, 0) is 44.9 Å². The van der Waals surface area contributed by atoms with Crippen molar-refractivity contribution in [3.63, 3.8) is 0 Å². The number of rotatable bonds is 6. The lowest BCUT2D eigenvalue weighted by molar-refractivity contribution is -0.117. The van der Waals surface area contributed by atoms with E-state index in [9.17, 15) is 14.7 Å². The number of carbonyl (C=O) groups is 2. The molecule has 0 spiro atoms. The molecule has 3 amide bonds. The summed E-state index contributed by atoms with van der Waals surface area (Å²) in [6, 6.07) is 5.47. The summed E-state index contributed by atoms with van der Waals surface area (Å²) in [5, 5.41) is 22.3. The molecule has 1 aliphatic heterocycles. The molecule has 2 aromatic rings. The van der Waals surface area contributed by atoms with Crippen LogP contribution in [0.25, 0.3) is 0 Å². The molecule has 0 saturated heterocycles. The summed E-state index contributed by atoms with van der Waals surface area (Å²) < 4.78 is 1.81. The van der Waals surface area contributed by atoms with Gasteiger partial charge in [0.15, 0.2) is 0 Å². The fraction of sp³-hybridized carbons (Fsp3) is 0.368. The van der Waals surface area contributed by atoms with Crippen molar-refractivity contribution in [2.24, 2.45) is 0 Å². The standard InChI is InChI=1S/C19H24N6O3/c1-11-16(17(23-19(28)21-11)14-6-4-7-15(26)10-14)18(27)20-8-5-9-25-13(3)22-12(2)24-25/h4,6-7,10,17,26H,5,8-9H2,1-3H3,(H,20,27)(H2,21,23,28). The van der Waals surface area contributed by atoms with Crippen LogP contribution in [0.2, 0.25) is 0 Å². The molecule has 0 aliphatic carbocycles. The first-order valence-corrected chi connectivity index (χ1v) is 9.08. The van der Waals surface area contributed by atoms with Crippen LogP contribution in [0.5, 0.6) is 5.75 Å². The van der Waals surface area contributed by atoms with Gasteiger partial charge in [0.25, 0.3) is 5.91 Å². The second-order valence-electron chi connectivity index (χ2n) is 6.70. The quantitative estimate of drug-likeness (QED) is 0.562. The second-order valence-corrected chi connectivity index (χ2v) is 6.70. The Balaban J connectivity index is 1.68. The average Bonchev–Trinajstić information content (AvgIpc) is 2.95. The summed E-state index contributed by atoms with van der Waals surface area (Å²) in [7, 11) is 0. The molecular weight excluding hydrogens is 360 g/mol. The number of aryl methyl sites for hydroxylation is 3. The number of aromatic hydroxyl groups is 1. The number of nitrogens with zero attached hydrogens (tertiary/aromatic N) is 3. The first-order valence-electron chi connectivity index (χ1n) is 9.08. The summed E-state index contributed by atoms with van der Waals surface area (Å²) in [6.07, 6.45) is 0.693. The molecule has 0 fully saturated rings. The van der Waals surface area contributed by atoms with Gasteiger partial charge in [-0.1, -0.05) is 12.1 Å². The Hall–Kier alpha value is -3.36. The zero-order chi connectivity index (χ0) is 20.3. The number of phenols is 1. The van der Waals surface area contributed by atoms with Crippen molar-refractivity contribution in [3.8, 4) is 5.75 Å². The van der Waals surface area contributed by atoms with Gasteiger partial charge in [-0.15, -0.1) is 0 Å². The topological polar surface area (TPSA) is 121 Å². The maximum Gasteiger partial charge on any atom is 0.319 e. The van der Waals surface area contributed by atoms with E-state index in [1.807, 2.05) is 18.5 Å². The molecule has 0 bridgehead atoms. The summed E-state index contributed by atoms with van der Waals surface area (Å²) in [5.41, 5.74) is 1.53. The number of carbonyl (C=O) groups excluding carboxylic acids is 2. The van der Waals surface area contributed by atoms with E-state index < -0.39 is 6.04 Å². The first kappa shape index (κ1) is 19.4. The molecule has 3 rings (SSSR count). The first-order chi connectivity index (χ1) is 13.3. The summed E-state index contributed by atoms with van der Waals surface area (Å²) >= 11 is 0. The lowest BCUT2D eigenvalue weighted by Crippen LogP contribution is -2.47. The summed E-state index contributed by atoms with van der Waals surface area (Å²) in [6.45, 7) is 6.52. The molecule has 9 nitrogen and oxygen atoms in total. The maximum atomic E-state index is 12.8. The molecule has 0 radical (unpaired) electrons. The van der Waals surface area contributed by atoms with E-state index in [0.29, 0.717) is 36.3 Å². The van der Waals surface area contributed by atoms with Crippen LogP contribution >= 0.6 is 0 Å². The number of hydrogen-bond acceptors (Lipinski definition) is 5. The fourth-order valence-electron chi connectivity index (χ4n) is 3.25. The smallest absolute Gasteiger partial charge is 0.319 e. The minimum Gasteiger partial charge on any atom is -0.508 e. The zero-order valence-electron chi connectivity index (χ0n) is 16.1. The van der Waals surface area contributed by atoms with Crippen molar-refractivity contribution in [1.82, 2.24) is 30.7 Å².